The second kappa shape index (κ2) is 10.3. The van der Waals surface area contributed by atoms with Crippen LogP contribution in [0.15, 0.2) is 27.9 Å². The molecule has 2 aliphatic heterocycles. The van der Waals surface area contributed by atoms with Gasteiger partial charge in [-0.15, -0.1) is 0 Å². The second-order valence-corrected chi connectivity index (χ2v) is 9.99. The highest BCUT2D eigenvalue weighted by Gasteiger charge is 2.54. The molecule has 1 fully saturated rings. The van der Waals surface area contributed by atoms with E-state index in [0.29, 0.717) is 17.8 Å². The predicted octanol–water partition coefficient (Wildman–Crippen LogP) is 0.372. The number of nitrogens with zero attached hydrogens (tertiary/aromatic N) is 3. The van der Waals surface area contributed by atoms with Crippen molar-refractivity contribution in [2.75, 3.05) is 5.73 Å². The SMILES string of the molecule is N=C(/C=C\C(=[NH2+])C(F)(F)F)SC1=C(C(=O)O)N2C(=O)C(NC(=O)/C(=N\O)c3nc(N)sc3Cl)[C@H]2CC1. The number of alkyl halides is 3. The van der Waals surface area contributed by atoms with Crippen molar-refractivity contribution in [3.8, 4) is 0 Å². The summed E-state index contributed by atoms with van der Waals surface area (Å²) in [6.07, 6.45) is -3.33. The minimum atomic E-state index is -4.79. The molecule has 0 radical (unpaired) electrons. The molecule has 0 aliphatic carbocycles. The number of hydrogen-bond acceptors (Lipinski definition) is 10. The lowest BCUT2D eigenvalue weighted by Gasteiger charge is -2.50. The number of halogens is 4. The third-order valence-corrected chi connectivity index (χ3v) is 7.08. The predicted molar refractivity (Wildman–Crippen MR) is 124 cm³/mol. The number of β-lactam (4-membered cyclic amide) rings is 1. The number of thioether (sulfide) groups is 1. The van der Waals surface area contributed by atoms with Gasteiger partial charge in [-0.1, -0.05) is 39.9 Å². The number of amides is 2. The van der Waals surface area contributed by atoms with E-state index < -0.39 is 58.2 Å². The number of allylic oxidation sites excluding steroid dienone is 2. The number of thiazole rings is 1. The Bertz CT molecular complexity index is 1260. The van der Waals surface area contributed by atoms with E-state index >= 15 is 0 Å². The third-order valence-electron chi connectivity index (χ3n) is 5.00. The van der Waals surface area contributed by atoms with Gasteiger partial charge in [-0.05, 0) is 18.9 Å². The number of nitrogens with one attached hydrogen (secondary N) is 2. The number of carbonyl (C=O) groups excluding carboxylic acids is 2. The Kier molecular flexibility index (Phi) is 7.75. The molecule has 2 amide bonds. The number of aliphatic carboxylic acids is 1. The number of fused-ring (bicyclic) bond motifs is 1. The van der Waals surface area contributed by atoms with Crippen molar-refractivity contribution >= 4 is 74.1 Å². The summed E-state index contributed by atoms with van der Waals surface area (Å²) in [5, 5.41) is 36.4. The maximum Gasteiger partial charge on any atom is 0.476 e. The monoisotopic (exact) mass is 566 g/mol. The smallest absolute Gasteiger partial charge is 0.476 e. The van der Waals surface area contributed by atoms with Crippen molar-refractivity contribution in [1.82, 2.24) is 15.2 Å². The van der Waals surface area contributed by atoms with Gasteiger partial charge in [0.15, 0.2) is 10.8 Å². The summed E-state index contributed by atoms with van der Waals surface area (Å²) in [6.45, 7) is 0. The largest absolute Gasteiger partial charge is 0.477 e. The normalized spacial score (nSPS) is 20.3. The lowest BCUT2D eigenvalue weighted by atomic mass is 9.86. The zero-order valence-electron chi connectivity index (χ0n) is 17.7. The molecule has 8 N–H and O–H groups in total. The molecular weight excluding hydrogens is 551 g/mol. The summed E-state index contributed by atoms with van der Waals surface area (Å²) >= 11 is 7.32. The Morgan fingerprint density at radius 1 is 1.42 bits per heavy atom. The van der Waals surface area contributed by atoms with Crippen LogP contribution in [0, 0.1) is 5.41 Å². The van der Waals surface area contributed by atoms with Gasteiger partial charge in [0.05, 0.1) is 11.1 Å². The van der Waals surface area contributed by atoms with Gasteiger partial charge in [-0.3, -0.25) is 25.3 Å². The Morgan fingerprint density at radius 3 is 2.61 bits per heavy atom. The Morgan fingerprint density at radius 2 is 2.08 bits per heavy atom. The molecule has 0 bridgehead atoms. The van der Waals surface area contributed by atoms with Gasteiger partial charge in [-0.25, -0.2) is 9.78 Å². The minimum Gasteiger partial charge on any atom is -0.477 e. The van der Waals surface area contributed by atoms with Gasteiger partial charge in [-0.2, -0.15) is 13.2 Å². The average Bonchev–Trinajstić information content (AvgIpc) is 3.12. The molecule has 2 aliphatic rings. The Labute approximate surface area is 212 Å². The number of oxime groups is 1. The number of nitrogen functional groups attached to an aromatic ring is 1. The molecule has 1 aromatic heterocycles. The third kappa shape index (κ3) is 5.36. The molecule has 2 atom stereocenters. The number of carboxylic acids is 1. The van der Waals surface area contributed by atoms with Crippen LogP contribution < -0.4 is 16.5 Å². The fourth-order valence-electron chi connectivity index (χ4n) is 3.43. The van der Waals surface area contributed by atoms with E-state index in [1.54, 1.807) is 0 Å². The molecule has 12 nitrogen and oxygen atoms in total. The summed E-state index contributed by atoms with van der Waals surface area (Å²) in [5.41, 5.74) is 2.82. The van der Waals surface area contributed by atoms with E-state index in [1.807, 2.05) is 0 Å². The molecule has 1 aromatic rings. The van der Waals surface area contributed by atoms with Gasteiger partial charge in [0.2, 0.25) is 0 Å². The molecule has 18 heteroatoms. The average molecular weight is 567 g/mol. The van der Waals surface area contributed by atoms with Crippen molar-refractivity contribution in [1.29, 1.82) is 5.41 Å². The van der Waals surface area contributed by atoms with Gasteiger partial charge in [0.25, 0.3) is 17.5 Å². The zero-order chi connectivity index (χ0) is 26.9. The van der Waals surface area contributed by atoms with Crippen LogP contribution in [-0.4, -0.2) is 72.7 Å². The number of aromatic nitrogens is 1. The van der Waals surface area contributed by atoms with E-state index in [1.165, 1.54) is 0 Å². The van der Waals surface area contributed by atoms with Crippen molar-refractivity contribution in [3.63, 3.8) is 0 Å². The van der Waals surface area contributed by atoms with Crippen molar-refractivity contribution in [2.45, 2.75) is 31.1 Å². The molecular formula is C18H16ClF3N7O5S2+. The van der Waals surface area contributed by atoms with E-state index in [9.17, 15) is 37.9 Å². The van der Waals surface area contributed by atoms with Crippen LogP contribution in [0.4, 0.5) is 18.3 Å². The summed E-state index contributed by atoms with van der Waals surface area (Å²) in [5.74, 6) is -3.29. The highest BCUT2D eigenvalue weighted by atomic mass is 35.5. The van der Waals surface area contributed by atoms with E-state index in [-0.39, 0.29) is 32.9 Å². The number of rotatable bonds is 7. The number of anilines is 1. The van der Waals surface area contributed by atoms with Gasteiger partial charge in [0.1, 0.15) is 21.8 Å². The summed E-state index contributed by atoms with van der Waals surface area (Å²) in [7, 11) is 0. The Balaban J connectivity index is 1.75. The maximum atomic E-state index is 12.8. The van der Waals surface area contributed by atoms with Crippen LogP contribution in [0.1, 0.15) is 18.5 Å². The van der Waals surface area contributed by atoms with Crippen LogP contribution in [0.2, 0.25) is 4.34 Å². The molecule has 3 heterocycles. The maximum absolute atomic E-state index is 12.8. The highest BCUT2D eigenvalue weighted by Crippen LogP contribution is 2.41. The summed E-state index contributed by atoms with van der Waals surface area (Å²) in [4.78, 5) is 42.0. The number of hydrogen-bond donors (Lipinski definition) is 6. The van der Waals surface area contributed by atoms with Crippen LogP contribution >= 0.6 is 34.7 Å². The molecule has 3 rings (SSSR count). The topological polar surface area (TPSA) is 208 Å². The van der Waals surface area contributed by atoms with Gasteiger partial charge in [0, 0.05) is 11.0 Å². The number of carbonyl (C=O) groups is 3. The molecule has 192 valence electrons. The van der Waals surface area contributed by atoms with Crippen LogP contribution in [-0.2, 0) is 14.4 Å². The standard InChI is InChI=1S/C18H15ClF3N7O5S2/c19-13-10(27-17(25)36-13)11(28-34)14(30)26-9-5-1-2-6(12(16(32)33)29(5)15(9)31)35-8(24)4-3-7(23)18(20,21)22/h3-5,9,23-24,34H,1-2H2,(H2,25,27)(H,26,30)(H,32,33)/p+1/b4-3-,23-7?,24-8?,28-11-/t5-,9?/m1/s1. The van der Waals surface area contributed by atoms with Crippen LogP contribution in [0.5, 0.6) is 0 Å². The molecule has 36 heavy (non-hydrogen) atoms. The molecule has 1 saturated heterocycles. The van der Waals surface area contributed by atoms with Gasteiger partial charge >= 0.3 is 12.1 Å². The molecule has 0 saturated carbocycles. The number of nitrogens with two attached hydrogens (primary N) is 2. The first-order valence-electron chi connectivity index (χ1n) is 9.65. The van der Waals surface area contributed by atoms with E-state index in [2.05, 4.69) is 15.5 Å². The Hall–Kier alpha value is -3.44. The first-order chi connectivity index (χ1) is 16.8. The quantitative estimate of drug-likeness (QED) is 0.0891. The fraction of sp³-hybridized carbons (Fsp3) is 0.278. The van der Waals surface area contributed by atoms with Crippen molar-refractivity contribution < 1.29 is 43.3 Å². The van der Waals surface area contributed by atoms with Crippen molar-refractivity contribution in [2.24, 2.45) is 5.16 Å². The van der Waals surface area contributed by atoms with E-state index in [4.69, 9.17) is 28.2 Å². The van der Waals surface area contributed by atoms with Crippen molar-refractivity contribution in [3.05, 3.63) is 32.8 Å². The lowest BCUT2D eigenvalue weighted by Crippen LogP contribution is -2.72. The van der Waals surface area contributed by atoms with Gasteiger partial charge < -0.3 is 21.4 Å². The van der Waals surface area contributed by atoms with E-state index in [0.717, 1.165) is 22.3 Å². The molecule has 0 spiro atoms. The molecule has 1 unspecified atom stereocenters. The first-order valence-corrected chi connectivity index (χ1v) is 11.7. The van der Waals surface area contributed by atoms with Crippen LogP contribution in [0.25, 0.3) is 0 Å². The highest BCUT2D eigenvalue weighted by molar-refractivity contribution is 8.17. The minimum absolute atomic E-state index is 0.00258. The summed E-state index contributed by atoms with van der Waals surface area (Å²) in [6, 6.07) is -1.93. The molecule has 0 aromatic carbocycles. The number of carboxylic acid groups (broad SMARTS) is 1. The fourth-order valence-corrected chi connectivity index (χ4v) is 5.26. The second-order valence-electron chi connectivity index (χ2n) is 7.22. The lowest BCUT2D eigenvalue weighted by molar-refractivity contribution is -0.165. The first kappa shape index (κ1) is 27.2. The summed E-state index contributed by atoms with van der Waals surface area (Å²) < 4.78 is 37.5. The zero-order valence-corrected chi connectivity index (χ0v) is 20.1. The van der Waals surface area contributed by atoms with Crippen LogP contribution in [0.3, 0.4) is 0 Å².